The van der Waals surface area contributed by atoms with Gasteiger partial charge in [-0.2, -0.15) is 9.47 Å². The van der Waals surface area contributed by atoms with Gasteiger partial charge in [0, 0.05) is 41.8 Å². The van der Waals surface area contributed by atoms with E-state index in [-0.39, 0.29) is 0 Å². The number of H-pyrrole nitrogens is 3. The molecule has 1 aliphatic heterocycles. The summed E-state index contributed by atoms with van der Waals surface area (Å²) in [7, 11) is 0. The monoisotopic (exact) mass is 484 g/mol. The average Bonchev–Trinajstić information content (AvgIpc) is 3.71. The van der Waals surface area contributed by atoms with Crippen LogP contribution < -0.4 is 0 Å². The number of aromatic amines is 3. The first-order chi connectivity index (χ1) is 17.4. The predicted octanol–water partition coefficient (Wildman–Crippen LogP) is 3.72. The molecule has 1 aliphatic rings. The molecule has 0 aromatic carbocycles. The van der Waals surface area contributed by atoms with Gasteiger partial charge in [0.1, 0.15) is 24.0 Å². The minimum absolute atomic E-state index is 0.303. The standard InChI is InChI=1S/C23H16N8O3S/c1-2-17(24-6-1)23(21-27-10-12-32-21)22(16-3-7-28-29-16,20-25-8-9-26-20)18(14-5-13-35-31-14)19(34-23)15-4-11-33-30-15/h1-13,24H,(H,25,26)(H,28,29). The first-order valence-corrected chi connectivity index (χ1v) is 11.5. The minimum atomic E-state index is -1.41. The van der Waals surface area contributed by atoms with Gasteiger partial charge in [-0.15, -0.1) is 0 Å². The maximum absolute atomic E-state index is 7.01. The quantitative estimate of drug-likeness (QED) is 0.324. The Balaban J connectivity index is 1.72. The molecule has 0 radical (unpaired) electrons. The van der Waals surface area contributed by atoms with Gasteiger partial charge in [-0.25, -0.2) is 9.97 Å². The Labute approximate surface area is 201 Å². The molecule has 0 aliphatic carbocycles. The highest BCUT2D eigenvalue weighted by Gasteiger charge is 2.71. The SMILES string of the molecule is c1c[nH]c(C2(c3ncco3)OC(c3ccon3)=C(c3ccsn3)C2(c2ccn[nH]2)c2ncc[nH]2)c1. The third kappa shape index (κ3) is 2.51. The van der Waals surface area contributed by atoms with Crippen LogP contribution >= 0.6 is 11.5 Å². The van der Waals surface area contributed by atoms with Gasteiger partial charge >= 0.3 is 0 Å². The van der Waals surface area contributed by atoms with Crippen molar-refractivity contribution in [1.82, 2.24) is 39.7 Å². The lowest BCUT2D eigenvalue weighted by Crippen LogP contribution is -2.51. The summed E-state index contributed by atoms with van der Waals surface area (Å²) in [6, 6.07) is 9.35. The topological polar surface area (TPSA) is 147 Å². The fraction of sp³-hybridized carbons (Fsp3) is 0.0870. The van der Waals surface area contributed by atoms with Crippen LogP contribution in [0.2, 0.25) is 0 Å². The molecule has 6 aromatic rings. The van der Waals surface area contributed by atoms with Gasteiger partial charge in [0.05, 0.1) is 23.3 Å². The maximum atomic E-state index is 7.01. The second-order valence-corrected chi connectivity index (χ2v) is 8.50. The highest BCUT2D eigenvalue weighted by Crippen LogP contribution is 2.65. The highest BCUT2D eigenvalue weighted by molar-refractivity contribution is 7.03. The number of nitrogens with zero attached hydrogens (tertiary/aromatic N) is 5. The van der Waals surface area contributed by atoms with Crippen LogP contribution in [0.15, 0.2) is 88.2 Å². The molecule has 12 heteroatoms. The lowest BCUT2D eigenvalue weighted by molar-refractivity contribution is 0.0210. The molecule has 0 bridgehead atoms. The number of rotatable bonds is 6. The Morgan fingerprint density at radius 3 is 2.54 bits per heavy atom. The van der Waals surface area contributed by atoms with Crippen molar-refractivity contribution >= 4 is 22.9 Å². The lowest BCUT2D eigenvalue weighted by atomic mass is 9.62. The Morgan fingerprint density at radius 2 is 1.89 bits per heavy atom. The van der Waals surface area contributed by atoms with Crippen LogP contribution in [-0.2, 0) is 15.8 Å². The zero-order valence-corrected chi connectivity index (χ0v) is 18.7. The van der Waals surface area contributed by atoms with E-state index in [2.05, 4.69) is 30.3 Å². The number of ether oxygens (including phenoxy) is 1. The lowest BCUT2D eigenvalue weighted by Gasteiger charge is -2.41. The first kappa shape index (κ1) is 19.7. The number of hydrogen-bond acceptors (Lipinski definition) is 9. The molecule has 0 saturated heterocycles. The van der Waals surface area contributed by atoms with Gasteiger partial charge in [0.15, 0.2) is 11.2 Å². The van der Waals surface area contributed by atoms with Crippen LogP contribution in [0.25, 0.3) is 11.3 Å². The zero-order valence-electron chi connectivity index (χ0n) is 17.9. The Bertz CT molecular complexity index is 1480. The van der Waals surface area contributed by atoms with E-state index in [1.807, 2.05) is 35.8 Å². The number of imidazole rings is 1. The van der Waals surface area contributed by atoms with Crippen molar-refractivity contribution in [1.29, 1.82) is 0 Å². The van der Waals surface area contributed by atoms with E-state index in [0.29, 0.717) is 45.8 Å². The summed E-state index contributed by atoms with van der Waals surface area (Å²) >= 11 is 1.33. The molecular weight excluding hydrogens is 468 g/mol. The van der Waals surface area contributed by atoms with E-state index in [4.69, 9.17) is 23.0 Å². The fourth-order valence-corrected chi connectivity index (χ4v) is 5.50. The Hall–Kier alpha value is -4.71. The summed E-state index contributed by atoms with van der Waals surface area (Å²) < 4.78 is 22.9. The molecule has 172 valence electrons. The molecule has 0 saturated carbocycles. The van der Waals surface area contributed by atoms with Gasteiger partial charge in [0.25, 0.3) is 0 Å². The third-order valence-electron chi connectivity index (χ3n) is 6.22. The van der Waals surface area contributed by atoms with Crippen LogP contribution in [0.1, 0.15) is 34.5 Å². The normalized spacial score (nSPS) is 22.1. The molecule has 0 amide bonds. The van der Waals surface area contributed by atoms with E-state index in [1.54, 1.807) is 30.9 Å². The van der Waals surface area contributed by atoms with Crippen LogP contribution in [0.5, 0.6) is 0 Å². The van der Waals surface area contributed by atoms with Gasteiger partial charge in [0.2, 0.25) is 11.5 Å². The Morgan fingerprint density at radius 1 is 0.886 bits per heavy atom. The highest BCUT2D eigenvalue weighted by atomic mass is 32.1. The minimum Gasteiger partial charge on any atom is -0.466 e. The van der Waals surface area contributed by atoms with Crippen LogP contribution in [0, 0.1) is 0 Å². The van der Waals surface area contributed by atoms with Crippen LogP contribution in [0.3, 0.4) is 0 Å². The number of nitrogens with one attached hydrogen (secondary N) is 3. The maximum Gasteiger partial charge on any atom is 0.247 e. The summed E-state index contributed by atoms with van der Waals surface area (Å²) in [6.07, 6.45) is 11.5. The number of aromatic nitrogens is 8. The van der Waals surface area contributed by atoms with Crippen molar-refractivity contribution in [3.8, 4) is 0 Å². The van der Waals surface area contributed by atoms with E-state index < -0.39 is 11.0 Å². The summed E-state index contributed by atoms with van der Waals surface area (Å²) in [5, 5.41) is 13.6. The van der Waals surface area contributed by atoms with Crippen LogP contribution in [-0.4, -0.2) is 39.7 Å². The second-order valence-electron chi connectivity index (χ2n) is 7.84. The van der Waals surface area contributed by atoms with E-state index in [9.17, 15) is 0 Å². The van der Waals surface area contributed by atoms with Gasteiger partial charge in [-0.05, 0) is 35.8 Å². The second kappa shape index (κ2) is 7.40. The molecule has 7 heterocycles. The summed E-state index contributed by atoms with van der Waals surface area (Å²) in [5.41, 5.74) is 0.601. The van der Waals surface area contributed by atoms with Gasteiger partial charge in [-0.3, -0.25) is 5.10 Å². The summed E-state index contributed by atoms with van der Waals surface area (Å²) in [5.74, 6) is 1.32. The summed E-state index contributed by atoms with van der Waals surface area (Å²) in [4.78, 5) is 16.0. The average molecular weight is 485 g/mol. The molecule has 0 spiro atoms. The van der Waals surface area contributed by atoms with Crippen molar-refractivity contribution in [3.63, 3.8) is 0 Å². The van der Waals surface area contributed by atoms with Crippen molar-refractivity contribution in [2.45, 2.75) is 11.0 Å². The molecule has 11 nitrogen and oxygen atoms in total. The van der Waals surface area contributed by atoms with Crippen molar-refractivity contribution < 1.29 is 13.7 Å². The van der Waals surface area contributed by atoms with Crippen molar-refractivity contribution in [2.75, 3.05) is 0 Å². The molecule has 2 unspecified atom stereocenters. The van der Waals surface area contributed by atoms with Crippen LogP contribution in [0.4, 0.5) is 0 Å². The van der Waals surface area contributed by atoms with Gasteiger partial charge in [-0.1, -0.05) is 5.16 Å². The van der Waals surface area contributed by atoms with E-state index in [0.717, 1.165) is 0 Å². The molecule has 0 fully saturated rings. The number of hydrogen-bond donors (Lipinski definition) is 3. The first-order valence-electron chi connectivity index (χ1n) is 10.6. The summed E-state index contributed by atoms with van der Waals surface area (Å²) in [6.45, 7) is 0. The van der Waals surface area contributed by atoms with Gasteiger partial charge < -0.3 is 23.6 Å². The molecule has 2 atom stereocenters. The van der Waals surface area contributed by atoms with E-state index >= 15 is 0 Å². The molecule has 6 aromatic heterocycles. The van der Waals surface area contributed by atoms with E-state index in [1.165, 1.54) is 24.1 Å². The smallest absolute Gasteiger partial charge is 0.247 e. The largest absolute Gasteiger partial charge is 0.466 e. The Kier molecular flexibility index (Phi) is 4.17. The molecular formula is C23H16N8O3S. The zero-order chi connectivity index (χ0) is 23.3. The van der Waals surface area contributed by atoms with Crippen molar-refractivity contribution in [3.05, 3.63) is 114 Å². The molecule has 35 heavy (non-hydrogen) atoms. The van der Waals surface area contributed by atoms with Crippen molar-refractivity contribution in [2.24, 2.45) is 0 Å². The fourth-order valence-electron chi connectivity index (χ4n) is 4.98. The molecule has 3 N–H and O–H groups in total. The number of oxazole rings is 1. The third-order valence-corrected chi connectivity index (χ3v) is 6.78. The molecule has 7 rings (SSSR count). The predicted molar refractivity (Wildman–Crippen MR) is 123 cm³/mol.